The topological polar surface area (TPSA) is 48.9 Å². The maximum Gasteiger partial charge on any atom is 0.191 e. The zero-order chi connectivity index (χ0) is 19.6. The minimum absolute atomic E-state index is 0. The lowest BCUT2D eigenvalue weighted by atomic mass is 10.1. The van der Waals surface area contributed by atoms with E-state index in [0.717, 1.165) is 6.54 Å². The molecule has 154 valence electrons. The van der Waals surface area contributed by atoms with Gasteiger partial charge in [0, 0.05) is 26.2 Å². The highest BCUT2D eigenvalue weighted by atomic mass is 127. The van der Waals surface area contributed by atoms with Gasteiger partial charge in [0.1, 0.15) is 17.7 Å². The van der Waals surface area contributed by atoms with Crippen LogP contribution in [0.15, 0.2) is 53.5 Å². The maximum absolute atomic E-state index is 13.2. The van der Waals surface area contributed by atoms with E-state index in [2.05, 4.69) is 58.9 Å². The molecule has 0 fully saturated rings. The van der Waals surface area contributed by atoms with Crippen LogP contribution >= 0.6 is 24.0 Å². The molecule has 28 heavy (non-hydrogen) atoms. The van der Waals surface area contributed by atoms with Crippen LogP contribution in [-0.4, -0.2) is 44.7 Å². The van der Waals surface area contributed by atoms with Crippen LogP contribution < -0.4 is 15.4 Å². The number of nitrogens with zero attached hydrogens (tertiary/aromatic N) is 2. The summed E-state index contributed by atoms with van der Waals surface area (Å²) < 4.78 is 18.9. The first kappa shape index (κ1) is 24.2. The lowest BCUT2D eigenvalue weighted by Crippen LogP contribution is -2.41. The van der Waals surface area contributed by atoms with Gasteiger partial charge in [-0.3, -0.25) is 4.99 Å². The van der Waals surface area contributed by atoms with E-state index in [-0.39, 0.29) is 35.9 Å². The van der Waals surface area contributed by atoms with Crippen molar-refractivity contribution in [2.75, 3.05) is 27.7 Å². The van der Waals surface area contributed by atoms with Gasteiger partial charge in [0.15, 0.2) is 5.96 Å². The molecular weight excluding hydrogens is 470 g/mol. The number of ether oxygens (including phenoxy) is 1. The largest absolute Gasteiger partial charge is 0.489 e. The summed E-state index contributed by atoms with van der Waals surface area (Å²) in [5.41, 5.74) is 2.47. The van der Waals surface area contributed by atoms with E-state index < -0.39 is 0 Å². The summed E-state index contributed by atoms with van der Waals surface area (Å²) in [6.45, 7) is 4.07. The van der Waals surface area contributed by atoms with Gasteiger partial charge in [-0.05, 0) is 44.3 Å². The summed E-state index contributed by atoms with van der Waals surface area (Å²) >= 11 is 0. The molecule has 1 atom stereocenters. The van der Waals surface area contributed by atoms with E-state index in [0.29, 0.717) is 24.8 Å². The third-order valence-electron chi connectivity index (χ3n) is 3.86. The second-order valence-corrected chi connectivity index (χ2v) is 6.75. The van der Waals surface area contributed by atoms with Gasteiger partial charge in [-0.1, -0.05) is 30.3 Å². The second-order valence-electron chi connectivity index (χ2n) is 6.75. The Morgan fingerprint density at radius 3 is 2.50 bits per heavy atom. The van der Waals surface area contributed by atoms with Crippen molar-refractivity contribution in [3.63, 3.8) is 0 Å². The predicted octanol–water partition coefficient (Wildman–Crippen LogP) is 3.64. The van der Waals surface area contributed by atoms with Crippen molar-refractivity contribution in [1.82, 2.24) is 15.5 Å². The standard InChI is InChI=1S/C21H29FN4O.HI/c1-16(27-20-10-6-9-19(22)12-20)13-24-21(23-2)25-14-17-7-5-8-18(11-17)15-26(3)4;/h5-12,16H,13-15H2,1-4H3,(H2,23,24,25);1H. The molecular formula is C21H30FIN4O. The van der Waals surface area contributed by atoms with E-state index in [4.69, 9.17) is 4.74 Å². The van der Waals surface area contributed by atoms with Crippen molar-refractivity contribution in [3.8, 4) is 5.75 Å². The molecule has 0 radical (unpaired) electrons. The van der Waals surface area contributed by atoms with Crippen molar-refractivity contribution >= 4 is 29.9 Å². The van der Waals surface area contributed by atoms with Gasteiger partial charge in [-0.25, -0.2) is 4.39 Å². The SMILES string of the molecule is CN=C(NCc1cccc(CN(C)C)c1)NCC(C)Oc1cccc(F)c1.I. The number of aliphatic imine (C=N–C) groups is 1. The molecule has 0 saturated heterocycles. The molecule has 0 saturated carbocycles. The number of hydrogen-bond acceptors (Lipinski definition) is 3. The molecule has 0 amide bonds. The van der Waals surface area contributed by atoms with Crippen molar-refractivity contribution in [3.05, 3.63) is 65.5 Å². The molecule has 2 aromatic carbocycles. The summed E-state index contributed by atoms with van der Waals surface area (Å²) in [6.07, 6.45) is -0.131. The smallest absolute Gasteiger partial charge is 0.191 e. The highest BCUT2D eigenvalue weighted by Crippen LogP contribution is 2.13. The van der Waals surface area contributed by atoms with Crippen LogP contribution in [0.25, 0.3) is 0 Å². The summed E-state index contributed by atoms with van der Waals surface area (Å²) in [4.78, 5) is 6.38. The first-order chi connectivity index (χ1) is 13.0. The third kappa shape index (κ3) is 8.88. The Kier molecular flexibility index (Phi) is 10.8. The molecule has 0 spiro atoms. The van der Waals surface area contributed by atoms with Crippen molar-refractivity contribution in [2.45, 2.75) is 26.1 Å². The van der Waals surface area contributed by atoms with Crippen LogP contribution in [0.5, 0.6) is 5.75 Å². The molecule has 0 bridgehead atoms. The predicted molar refractivity (Wildman–Crippen MR) is 124 cm³/mol. The van der Waals surface area contributed by atoms with Gasteiger partial charge >= 0.3 is 0 Å². The molecule has 0 aliphatic carbocycles. The average Bonchev–Trinajstić information content (AvgIpc) is 2.61. The van der Waals surface area contributed by atoms with Crippen molar-refractivity contribution in [2.24, 2.45) is 4.99 Å². The molecule has 2 aromatic rings. The monoisotopic (exact) mass is 500 g/mol. The van der Waals surface area contributed by atoms with Gasteiger partial charge in [0.25, 0.3) is 0 Å². The quantitative estimate of drug-likeness (QED) is 0.330. The van der Waals surface area contributed by atoms with Gasteiger partial charge in [-0.15, -0.1) is 24.0 Å². The Morgan fingerprint density at radius 1 is 1.11 bits per heavy atom. The molecule has 5 nitrogen and oxygen atoms in total. The Bertz CT molecular complexity index is 755. The lowest BCUT2D eigenvalue weighted by Gasteiger charge is -2.18. The lowest BCUT2D eigenvalue weighted by molar-refractivity contribution is 0.223. The zero-order valence-electron chi connectivity index (χ0n) is 16.9. The Balaban J connectivity index is 0.00000392. The molecule has 2 N–H and O–H groups in total. The molecule has 0 aliphatic rings. The average molecular weight is 500 g/mol. The minimum atomic E-state index is -0.304. The number of benzene rings is 2. The maximum atomic E-state index is 13.2. The van der Waals surface area contributed by atoms with E-state index in [9.17, 15) is 4.39 Å². The van der Waals surface area contributed by atoms with Crippen LogP contribution in [0, 0.1) is 5.82 Å². The fourth-order valence-corrected chi connectivity index (χ4v) is 2.66. The number of hydrogen-bond donors (Lipinski definition) is 2. The van der Waals surface area contributed by atoms with Crippen LogP contribution in [0.1, 0.15) is 18.1 Å². The van der Waals surface area contributed by atoms with Crippen LogP contribution in [0.2, 0.25) is 0 Å². The Hall–Kier alpha value is -1.87. The fourth-order valence-electron chi connectivity index (χ4n) is 2.66. The van der Waals surface area contributed by atoms with Crippen LogP contribution in [-0.2, 0) is 13.1 Å². The van der Waals surface area contributed by atoms with Gasteiger partial charge in [-0.2, -0.15) is 0 Å². The number of rotatable bonds is 8. The van der Waals surface area contributed by atoms with Crippen molar-refractivity contribution < 1.29 is 9.13 Å². The number of nitrogens with one attached hydrogen (secondary N) is 2. The van der Waals surface area contributed by atoms with E-state index in [1.807, 2.05) is 6.92 Å². The summed E-state index contributed by atoms with van der Waals surface area (Å²) in [5, 5.41) is 6.54. The third-order valence-corrected chi connectivity index (χ3v) is 3.86. The Labute approximate surface area is 184 Å². The fraction of sp³-hybridized carbons (Fsp3) is 0.381. The molecule has 0 aromatic heterocycles. The number of halogens is 2. The molecule has 0 aliphatic heterocycles. The first-order valence-corrected chi connectivity index (χ1v) is 9.05. The van der Waals surface area contributed by atoms with E-state index in [1.54, 1.807) is 19.2 Å². The molecule has 1 unspecified atom stereocenters. The van der Waals surface area contributed by atoms with Crippen molar-refractivity contribution in [1.29, 1.82) is 0 Å². The minimum Gasteiger partial charge on any atom is -0.489 e. The van der Waals surface area contributed by atoms with Crippen LogP contribution in [0.3, 0.4) is 0 Å². The number of guanidine groups is 1. The Morgan fingerprint density at radius 2 is 1.82 bits per heavy atom. The highest BCUT2D eigenvalue weighted by Gasteiger charge is 2.07. The first-order valence-electron chi connectivity index (χ1n) is 9.05. The normalized spacial score (nSPS) is 12.3. The van der Waals surface area contributed by atoms with Gasteiger partial charge in [0.2, 0.25) is 0 Å². The molecule has 2 rings (SSSR count). The zero-order valence-corrected chi connectivity index (χ0v) is 19.2. The molecule has 7 heteroatoms. The summed E-state index contributed by atoms with van der Waals surface area (Å²) in [6, 6.07) is 14.6. The summed E-state index contributed by atoms with van der Waals surface area (Å²) in [5.74, 6) is 0.911. The summed E-state index contributed by atoms with van der Waals surface area (Å²) in [7, 11) is 5.85. The molecule has 0 heterocycles. The second kappa shape index (κ2) is 12.6. The van der Waals surface area contributed by atoms with Gasteiger partial charge < -0.3 is 20.3 Å². The highest BCUT2D eigenvalue weighted by molar-refractivity contribution is 14.0. The van der Waals surface area contributed by atoms with E-state index >= 15 is 0 Å². The van der Waals surface area contributed by atoms with Crippen LogP contribution in [0.4, 0.5) is 4.39 Å². The van der Waals surface area contributed by atoms with Gasteiger partial charge in [0.05, 0.1) is 6.54 Å². The van der Waals surface area contributed by atoms with E-state index in [1.165, 1.54) is 23.3 Å².